The lowest BCUT2D eigenvalue weighted by Crippen LogP contribution is -2.04. The summed E-state index contributed by atoms with van der Waals surface area (Å²) in [5.41, 5.74) is 1.20. The Kier molecular flexibility index (Phi) is 5.37. The standard InChI is InChI=1S/C19H20O3/c1-14(2)13-22-16-9-10-17(19(21)12-16)18(20)11-8-15-6-4-3-5-7-15/h3-12,14,21H,13H2,1-2H3. The lowest BCUT2D eigenvalue weighted by Gasteiger charge is -2.09. The second-order valence-electron chi connectivity index (χ2n) is 5.49. The highest BCUT2D eigenvalue weighted by Crippen LogP contribution is 2.25. The third-order valence-corrected chi connectivity index (χ3v) is 3.04. The molecule has 0 atom stereocenters. The largest absolute Gasteiger partial charge is 0.507 e. The Morgan fingerprint density at radius 1 is 1.18 bits per heavy atom. The first-order chi connectivity index (χ1) is 10.6. The molecule has 2 aromatic rings. The van der Waals surface area contributed by atoms with Crippen molar-refractivity contribution in [2.75, 3.05) is 6.61 Å². The minimum Gasteiger partial charge on any atom is -0.507 e. The number of carbonyl (C=O) groups is 1. The van der Waals surface area contributed by atoms with E-state index < -0.39 is 0 Å². The van der Waals surface area contributed by atoms with Gasteiger partial charge >= 0.3 is 0 Å². The predicted octanol–water partition coefficient (Wildman–Crippen LogP) is 4.32. The lowest BCUT2D eigenvalue weighted by atomic mass is 10.1. The van der Waals surface area contributed by atoms with Crippen molar-refractivity contribution in [3.8, 4) is 11.5 Å². The zero-order chi connectivity index (χ0) is 15.9. The highest BCUT2D eigenvalue weighted by molar-refractivity contribution is 6.08. The number of allylic oxidation sites excluding steroid dienone is 1. The van der Waals surface area contributed by atoms with Crippen LogP contribution in [0, 0.1) is 5.92 Å². The van der Waals surface area contributed by atoms with E-state index in [1.165, 1.54) is 12.1 Å². The van der Waals surface area contributed by atoms with Crippen molar-refractivity contribution in [1.82, 2.24) is 0 Å². The van der Waals surface area contributed by atoms with Gasteiger partial charge in [0.1, 0.15) is 11.5 Å². The molecule has 0 saturated heterocycles. The molecule has 0 saturated carbocycles. The summed E-state index contributed by atoms with van der Waals surface area (Å²) in [5, 5.41) is 9.99. The summed E-state index contributed by atoms with van der Waals surface area (Å²) in [6, 6.07) is 14.3. The van der Waals surface area contributed by atoms with Crippen molar-refractivity contribution in [3.05, 3.63) is 65.7 Å². The molecule has 0 aliphatic rings. The van der Waals surface area contributed by atoms with E-state index >= 15 is 0 Å². The predicted molar refractivity (Wildman–Crippen MR) is 88.2 cm³/mol. The van der Waals surface area contributed by atoms with E-state index in [0.29, 0.717) is 18.3 Å². The summed E-state index contributed by atoms with van der Waals surface area (Å²) in [7, 11) is 0. The Morgan fingerprint density at radius 2 is 1.91 bits per heavy atom. The Bertz CT molecular complexity index is 658. The number of benzene rings is 2. The van der Waals surface area contributed by atoms with Crippen LogP contribution in [-0.4, -0.2) is 17.5 Å². The van der Waals surface area contributed by atoms with Crippen LogP contribution in [0.25, 0.3) is 6.08 Å². The normalized spacial score (nSPS) is 11.0. The third kappa shape index (κ3) is 4.48. The maximum atomic E-state index is 12.1. The van der Waals surface area contributed by atoms with Gasteiger partial charge in [0.25, 0.3) is 0 Å². The summed E-state index contributed by atoms with van der Waals surface area (Å²) in [4.78, 5) is 12.1. The van der Waals surface area contributed by atoms with Crippen LogP contribution in [0.4, 0.5) is 0 Å². The fourth-order valence-electron chi connectivity index (χ4n) is 1.90. The van der Waals surface area contributed by atoms with Gasteiger partial charge in [0.15, 0.2) is 5.78 Å². The minimum atomic E-state index is -0.239. The van der Waals surface area contributed by atoms with Gasteiger partial charge in [-0.2, -0.15) is 0 Å². The average Bonchev–Trinajstić information content (AvgIpc) is 2.51. The summed E-state index contributed by atoms with van der Waals surface area (Å²) in [6.45, 7) is 4.67. The van der Waals surface area contributed by atoms with Crippen LogP contribution >= 0.6 is 0 Å². The molecule has 0 spiro atoms. The fourth-order valence-corrected chi connectivity index (χ4v) is 1.90. The third-order valence-electron chi connectivity index (χ3n) is 3.04. The number of ketones is 1. The number of hydrogen-bond donors (Lipinski definition) is 1. The van der Waals surface area contributed by atoms with Crippen LogP contribution < -0.4 is 4.74 Å². The topological polar surface area (TPSA) is 46.5 Å². The second-order valence-corrected chi connectivity index (χ2v) is 5.49. The molecule has 22 heavy (non-hydrogen) atoms. The van der Waals surface area contributed by atoms with Crippen molar-refractivity contribution < 1.29 is 14.6 Å². The summed E-state index contributed by atoms with van der Waals surface area (Å²) >= 11 is 0. The molecule has 2 rings (SSSR count). The van der Waals surface area contributed by atoms with Crippen LogP contribution in [0.2, 0.25) is 0 Å². The van der Waals surface area contributed by atoms with E-state index in [4.69, 9.17) is 4.74 Å². The molecule has 0 aromatic heterocycles. The van der Waals surface area contributed by atoms with Gasteiger partial charge in [0.2, 0.25) is 0 Å². The van der Waals surface area contributed by atoms with E-state index in [2.05, 4.69) is 0 Å². The summed E-state index contributed by atoms with van der Waals surface area (Å²) in [6.07, 6.45) is 3.18. The fraction of sp³-hybridized carbons (Fsp3) is 0.211. The van der Waals surface area contributed by atoms with Crippen molar-refractivity contribution in [2.24, 2.45) is 5.92 Å². The number of rotatable bonds is 6. The molecule has 0 radical (unpaired) electrons. The Hall–Kier alpha value is -2.55. The zero-order valence-corrected chi connectivity index (χ0v) is 12.8. The molecule has 3 heteroatoms. The number of ether oxygens (including phenoxy) is 1. The molecule has 114 valence electrons. The molecular weight excluding hydrogens is 276 g/mol. The van der Waals surface area contributed by atoms with Gasteiger partial charge in [-0.3, -0.25) is 4.79 Å². The first kappa shape index (κ1) is 15.8. The quantitative estimate of drug-likeness (QED) is 0.637. The van der Waals surface area contributed by atoms with E-state index in [1.54, 1.807) is 18.2 Å². The molecule has 0 amide bonds. The van der Waals surface area contributed by atoms with Crippen LogP contribution in [0.15, 0.2) is 54.6 Å². The summed E-state index contributed by atoms with van der Waals surface area (Å²) < 4.78 is 5.52. The SMILES string of the molecule is CC(C)COc1ccc(C(=O)C=Cc2ccccc2)c(O)c1. The van der Waals surface area contributed by atoms with Crippen molar-refractivity contribution in [1.29, 1.82) is 0 Å². The summed E-state index contributed by atoms with van der Waals surface area (Å²) in [5.74, 6) is 0.660. The molecule has 0 bridgehead atoms. The first-order valence-electron chi connectivity index (χ1n) is 7.29. The molecule has 0 aliphatic heterocycles. The Labute approximate surface area is 130 Å². The van der Waals surface area contributed by atoms with Crippen molar-refractivity contribution in [2.45, 2.75) is 13.8 Å². The van der Waals surface area contributed by atoms with E-state index in [9.17, 15) is 9.90 Å². The zero-order valence-electron chi connectivity index (χ0n) is 12.8. The molecular formula is C19H20O3. The van der Waals surface area contributed by atoms with Gasteiger partial charge in [-0.1, -0.05) is 50.3 Å². The molecule has 3 nitrogen and oxygen atoms in total. The van der Waals surface area contributed by atoms with Gasteiger partial charge in [-0.05, 0) is 29.7 Å². The van der Waals surface area contributed by atoms with Crippen LogP contribution in [-0.2, 0) is 0 Å². The molecule has 0 heterocycles. The smallest absolute Gasteiger partial charge is 0.189 e. The second kappa shape index (κ2) is 7.46. The van der Waals surface area contributed by atoms with Crippen molar-refractivity contribution >= 4 is 11.9 Å². The number of phenols is 1. The maximum absolute atomic E-state index is 12.1. The molecule has 2 aromatic carbocycles. The molecule has 1 N–H and O–H groups in total. The highest BCUT2D eigenvalue weighted by Gasteiger charge is 2.09. The maximum Gasteiger partial charge on any atom is 0.189 e. The van der Waals surface area contributed by atoms with Gasteiger partial charge in [0.05, 0.1) is 12.2 Å². The molecule has 0 unspecified atom stereocenters. The van der Waals surface area contributed by atoms with Gasteiger partial charge < -0.3 is 9.84 Å². The van der Waals surface area contributed by atoms with E-state index in [-0.39, 0.29) is 17.1 Å². The first-order valence-corrected chi connectivity index (χ1v) is 7.29. The van der Waals surface area contributed by atoms with Gasteiger partial charge in [-0.25, -0.2) is 0 Å². The van der Waals surface area contributed by atoms with Crippen LogP contribution in [0.5, 0.6) is 11.5 Å². The monoisotopic (exact) mass is 296 g/mol. The Morgan fingerprint density at radius 3 is 2.55 bits per heavy atom. The van der Waals surface area contributed by atoms with Crippen LogP contribution in [0.3, 0.4) is 0 Å². The molecule has 0 aliphatic carbocycles. The van der Waals surface area contributed by atoms with Gasteiger partial charge in [-0.15, -0.1) is 0 Å². The number of aromatic hydroxyl groups is 1. The van der Waals surface area contributed by atoms with E-state index in [1.807, 2.05) is 44.2 Å². The van der Waals surface area contributed by atoms with Crippen molar-refractivity contribution in [3.63, 3.8) is 0 Å². The van der Waals surface area contributed by atoms with Crippen LogP contribution in [0.1, 0.15) is 29.8 Å². The number of carbonyl (C=O) groups excluding carboxylic acids is 1. The average molecular weight is 296 g/mol. The number of hydrogen-bond acceptors (Lipinski definition) is 3. The minimum absolute atomic E-state index is 0.0658. The Balaban J connectivity index is 2.08. The number of phenolic OH excluding ortho intramolecular Hbond substituents is 1. The highest BCUT2D eigenvalue weighted by atomic mass is 16.5. The lowest BCUT2D eigenvalue weighted by molar-refractivity contribution is 0.104. The van der Waals surface area contributed by atoms with Gasteiger partial charge in [0, 0.05) is 6.07 Å². The van der Waals surface area contributed by atoms with E-state index in [0.717, 1.165) is 5.56 Å². The molecule has 0 fully saturated rings.